The van der Waals surface area contributed by atoms with Gasteiger partial charge in [-0.3, -0.25) is 0 Å². The predicted molar refractivity (Wildman–Crippen MR) is 239 cm³/mol. The van der Waals surface area contributed by atoms with Crippen LogP contribution in [0.1, 0.15) is 0 Å². The first-order valence-electron chi connectivity index (χ1n) is 18.5. The van der Waals surface area contributed by atoms with Crippen molar-refractivity contribution in [2.75, 3.05) is 0 Å². The van der Waals surface area contributed by atoms with Crippen LogP contribution in [0.2, 0.25) is 0 Å². The summed E-state index contributed by atoms with van der Waals surface area (Å²) in [4.78, 5) is 0. The molecular weight excluding hydrogens is 689 g/mol. The van der Waals surface area contributed by atoms with Gasteiger partial charge in [0.2, 0.25) is 0 Å². The topological polar surface area (TPSA) is 0 Å². The Morgan fingerprint density at radius 1 is 0.278 bits per heavy atom. The number of hydrogen-bond acceptors (Lipinski definition) is 2. The Bertz CT molecular complexity index is 3430. The van der Waals surface area contributed by atoms with Gasteiger partial charge in [0, 0.05) is 40.3 Å². The molecule has 0 saturated carbocycles. The molecule has 54 heavy (non-hydrogen) atoms. The molecule has 0 N–H and O–H groups in total. The van der Waals surface area contributed by atoms with E-state index in [1.165, 1.54) is 117 Å². The Balaban J connectivity index is 1.000. The van der Waals surface area contributed by atoms with Crippen molar-refractivity contribution in [1.82, 2.24) is 0 Å². The van der Waals surface area contributed by atoms with Crippen LogP contribution >= 0.6 is 22.7 Å². The molecule has 0 spiro atoms. The largest absolute Gasteiger partial charge is 0.135 e. The van der Waals surface area contributed by atoms with Crippen molar-refractivity contribution < 1.29 is 0 Å². The molecule has 0 aliphatic carbocycles. The standard InChI is InChI=1S/C52H30S2/c1-3-13-36-32(10-1)12-9-19-38(36)49-41-17-7-5-15-39(41)48(40-16-6-8-18-42(40)49)34-22-20-31(21-23-34)35-25-26-43-47(30-35)53-45-28-29-46-51(50(43)45)44-27-24-33-11-2-4-14-37(33)52(44)54-46/h1-30H. The van der Waals surface area contributed by atoms with Crippen LogP contribution in [0, 0.1) is 0 Å². The predicted octanol–water partition coefficient (Wildman–Crippen LogP) is 16.0. The normalized spacial score (nSPS) is 12.1. The fourth-order valence-electron chi connectivity index (χ4n) is 9.04. The van der Waals surface area contributed by atoms with E-state index in [2.05, 4.69) is 182 Å². The Labute approximate surface area is 319 Å². The van der Waals surface area contributed by atoms with E-state index in [-0.39, 0.29) is 0 Å². The van der Waals surface area contributed by atoms with Gasteiger partial charge in [0.1, 0.15) is 0 Å². The highest BCUT2D eigenvalue weighted by Crippen LogP contribution is 2.48. The molecule has 0 atom stereocenters. The average Bonchev–Trinajstić information content (AvgIpc) is 3.81. The maximum atomic E-state index is 2.40. The van der Waals surface area contributed by atoms with Gasteiger partial charge in [-0.2, -0.15) is 0 Å². The fourth-order valence-corrected chi connectivity index (χ4v) is 11.4. The molecule has 0 amide bonds. The highest BCUT2D eigenvalue weighted by Gasteiger charge is 2.19. The summed E-state index contributed by atoms with van der Waals surface area (Å²) in [5.41, 5.74) is 7.58. The first-order chi connectivity index (χ1) is 26.8. The minimum atomic E-state index is 1.23. The quantitative estimate of drug-likeness (QED) is 0.160. The van der Waals surface area contributed by atoms with Crippen LogP contribution in [0.3, 0.4) is 0 Å². The molecule has 2 heteroatoms. The Morgan fingerprint density at radius 2 is 0.796 bits per heavy atom. The summed E-state index contributed by atoms with van der Waals surface area (Å²) in [7, 11) is 0. The summed E-state index contributed by atoms with van der Waals surface area (Å²) in [5.74, 6) is 0. The van der Waals surface area contributed by atoms with Gasteiger partial charge >= 0.3 is 0 Å². The van der Waals surface area contributed by atoms with E-state index in [0.717, 1.165) is 0 Å². The van der Waals surface area contributed by atoms with E-state index in [1.54, 1.807) is 0 Å². The van der Waals surface area contributed by atoms with E-state index in [9.17, 15) is 0 Å². The lowest BCUT2D eigenvalue weighted by Crippen LogP contribution is -1.91. The first-order valence-corrected chi connectivity index (χ1v) is 20.1. The van der Waals surface area contributed by atoms with Crippen molar-refractivity contribution in [3.8, 4) is 33.4 Å². The second kappa shape index (κ2) is 11.6. The molecule has 2 aromatic heterocycles. The molecular formula is C52H30S2. The highest BCUT2D eigenvalue weighted by atomic mass is 32.1. The zero-order valence-corrected chi connectivity index (χ0v) is 30.8. The monoisotopic (exact) mass is 718 g/mol. The van der Waals surface area contributed by atoms with Crippen molar-refractivity contribution in [2.24, 2.45) is 0 Å². The molecule has 0 aliphatic rings. The van der Waals surface area contributed by atoms with Crippen molar-refractivity contribution >= 4 is 106 Å². The van der Waals surface area contributed by atoms with Crippen LogP contribution in [0.25, 0.3) is 117 Å². The smallest absolute Gasteiger partial charge is 0.0434 e. The molecule has 0 unspecified atom stereocenters. The van der Waals surface area contributed by atoms with Crippen LogP contribution in [0.15, 0.2) is 182 Å². The molecule has 0 saturated heterocycles. The van der Waals surface area contributed by atoms with Crippen LogP contribution in [-0.2, 0) is 0 Å². The molecule has 0 bridgehead atoms. The Hall–Kier alpha value is -6.32. The summed E-state index contributed by atoms with van der Waals surface area (Å²) in [5, 5.41) is 15.8. The molecule has 250 valence electrons. The van der Waals surface area contributed by atoms with Crippen LogP contribution in [-0.4, -0.2) is 0 Å². The molecule has 12 aromatic rings. The van der Waals surface area contributed by atoms with E-state index in [1.807, 2.05) is 22.7 Å². The van der Waals surface area contributed by atoms with Gasteiger partial charge in [-0.15, -0.1) is 22.7 Å². The second-order valence-corrected chi connectivity index (χ2v) is 16.5. The summed E-state index contributed by atoms with van der Waals surface area (Å²) in [6.45, 7) is 0. The maximum absolute atomic E-state index is 2.40. The molecule has 0 fully saturated rings. The highest BCUT2D eigenvalue weighted by molar-refractivity contribution is 7.28. The number of benzene rings is 10. The Morgan fingerprint density at radius 3 is 1.52 bits per heavy atom. The minimum absolute atomic E-state index is 1.23. The molecule has 12 rings (SSSR count). The number of hydrogen-bond donors (Lipinski definition) is 0. The third kappa shape index (κ3) is 4.36. The zero-order chi connectivity index (χ0) is 35.3. The van der Waals surface area contributed by atoms with Crippen LogP contribution in [0.4, 0.5) is 0 Å². The molecule has 0 radical (unpaired) electrons. The molecule has 10 aromatic carbocycles. The SMILES string of the molecule is c1ccc2c(-c3c4ccccc4c(-c4ccc(-c5ccc6c(c5)sc5ccc7sc8c9ccccc9ccc8c7c56)cc4)c4ccccc34)cccc2c1. The van der Waals surface area contributed by atoms with Crippen molar-refractivity contribution in [3.05, 3.63) is 182 Å². The van der Waals surface area contributed by atoms with Gasteiger partial charge in [0.25, 0.3) is 0 Å². The van der Waals surface area contributed by atoms with E-state index >= 15 is 0 Å². The van der Waals surface area contributed by atoms with Gasteiger partial charge in [0.15, 0.2) is 0 Å². The molecule has 0 nitrogen and oxygen atoms in total. The van der Waals surface area contributed by atoms with E-state index < -0.39 is 0 Å². The maximum Gasteiger partial charge on any atom is 0.0434 e. The van der Waals surface area contributed by atoms with Gasteiger partial charge in [0.05, 0.1) is 0 Å². The summed E-state index contributed by atoms with van der Waals surface area (Å²) in [6, 6.07) is 67.7. The number of fused-ring (bicyclic) bond motifs is 12. The average molecular weight is 719 g/mol. The second-order valence-electron chi connectivity index (χ2n) is 14.3. The molecule has 0 aliphatic heterocycles. The molecule has 2 heterocycles. The lowest BCUT2D eigenvalue weighted by molar-refractivity contribution is 1.64. The fraction of sp³-hybridized carbons (Fsp3) is 0. The minimum Gasteiger partial charge on any atom is -0.135 e. The van der Waals surface area contributed by atoms with E-state index in [4.69, 9.17) is 0 Å². The third-order valence-corrected chi connectivity index (χ3v) is 13.8. The lowest BCUT2D eigenvalue weighted by atomic mass is 9.84. The summed E-state index contributed by atoms with van der Waals surface area (Å²) < 4.78 is 5.43. The number of thiophene rings is 2. The van der Waals surface area contributed by atoms with Gasteiger partial charge in [-0.1, -0.05) is 164 Å². The number of rotatable bonds is 3. The van der Waals surface area contributed by atoms with E-state index in [0.29, 0.717) is 0 Å². The summed E-state index contributed by atoms with van der Waals surface area (Å²) in [6.07, 6.45) is 0. The zero-order valence-electron chi connectivity index (χ0n) is 29.1. The van der Waals surface area contributed by atoms with Crippen molar-refractivity contribution in [2.45, 2.75) is 0 Å². The van der Waals surface area contributed by atoms with Gasteiger partial charge in [-0.05, 0) is 94.7 Å². The van der Waals surface area contributed by atoms with Crippen LogP contribution < -0.4 is 0 Å². The third-order valence-electron chi connectivity index (χ3n) is 11.5. The Kier molecular flexibility index (Phi) is 6.48. The summed E-state index contributed by atoms with van der Waals surface area (Å²) >= 11 is 3.83. The van der Waals surface area contributed by atoms with Crippen molar-refractivity contribution in [3.63, 3.8) is 0 Å². The first kappa shape index (κ1) is 30.2. The van der Waals surface area contributed by atoms with Gasteiger partial charge in [-0.25, -0.2) is 0 Å². The van der Waals surface area contributed by atoms with Gasteiger partial charge < -0.3 is 0 Å². The van der Waals surface area contributed by atoms with Crippen molar-refractivity contribution in [1.29, 1.82) is 0 Å². The van der Waals surface area contributed by atoms with Crippen LogP contribution in [0.5, 0.6) is 0 Å². The lowest BCUT2D eigenvalue weighted by Gasteiger charge is -2.19.